The molecule has 0 bridgehead atoms. The van der Waals surface area contributed by atoms with E-state index < -0.39 is 12.1 Å². The average molecular weight is 467 g/mol. The summed E-state index contributed by atoms with van der Waals surface area (Å²) in [5, 5.41) is 6.88. The number of hydrogen-bond donors (Lipinski definition) is 1. The summed E-state index contributed by atoms with van der Waals surface area (Å²) in [6, 6.07) is 10.4. The zero-order valence-corrected chi connectivity index (χ0v) is 17.4. The van der Waals surface area contributed by atoms with Crippen molar-refractivity contribution in [2.75, 3.05) is 31.1 Å². The molecule has 1 saturated heterocycles. The smallest absolute Gasteiger partial charge is 0.353 e. The van der Waals surface area contributed by atoms with Crippen LogP contribution in [0, 0.1) is 0 Å². The zero-order valence-electron chi connectivity index (χ0n) is 16.6. The maximum Gasteiger partial charge on any atom is 0.471 e. The normalized spacial score (nSPS) is 14.5. The van der Waals surface area contributed by atoms with E-state index in [0.717, 1.165) is 5.56 Å². The quantitative estimate of drug-likeness (QED) is 0.628. The predicted octanol–water partition coefficient (Wildman–Crippen LogP) is 3.84. The number of nitrogens with zero attached hydrogens (tertiary/aromatic N) is 5. The highest BCUT2D eigenvalue weighted by Crippen LogP contribution is 2.29. The van der Waals surface area contributed by atoms with Gasteiger partial charge < -0.3 is 19.6 Å². The van der Waals surface area contributed by atoms with Gasteiger partial charge in [0.25, 0.3) is 0 Å². The lowest BCUT2D eigenvalue weighted by molar-refractivity contribution is -0.159. The molecule has 2 aromatic heterocycles. The van der Waals surface area contributed by atoms with Crippen molar-refractivity contribution in [2.45, 2.75) is 12.7 Å². The molecule has 1 aromatic carbocycles. The minimum atomic E-state index is -4.70. The van der Waals surface area contributed by atoms with Gasteiger partial charge in [-0.1, -0.05) is 28.9 Å². The molecular formula is C20H18ClF3N6O2. The van der Waals surface area contributed by atoms with Gasteiger partial charge in [0, 0.05) is 49.5 Å². The molecule has 1 aliphatic rings. The molecule has 8 nitrogen and oxygen atoms in total. The molecule has 0 radical (unpaired) electrons. The molecule has 4 rings (SSSR count). The van der Waals surface area contributed by atoms with Crippen molar-refractivity contribution in [1.82, 2.24) is 25.3 Å². The predicted molar refractivity (Wildman–Crippen MR) is 110 cm³/mol. The number of piperazine rings is 1. The topological polar surface area (TPSA) is 87.4 Å². The minimum absolute atomic E-state index is 0.152. The van der Waals surface area contributed by atoms with Crippen LogP contribution in [0.2, 0.25) is 5.02 Å². The van der Waals surface area contributed by atoms with E-state index in [1.54, 1.807) is 29.2 Å². The van der Waals surface area contributed by atoms with Crippen LogP contribution < -0.4 is 10.2 Å². The lowest BCUT2D eigenvalue weighted by Gasteiger charge is -2.35. The van der Waals surface area contributed by atoms with Crippen LogP contribution in [0.25, 0.3) is 11.4 Å². The van der Waals surface area contributed by atoms with Crippen LogP contribution >= 0.6 is 11.6 Å². The van der Waals surface area contributed by atoms with Gasteiger partial charge in [0.2, 0.25) is 5.82 Å². The number of amides is 2. The maximum absolute atomic E-state index is 12.6. The van der Waals surface area contributed by atoms with Crippen molar-refractivity contribution in [3.8, 4) is 11.4 Å². The highest BCUT2D eigenvalue weighted by atomic mass is 35.5. The maximum atomic E-state index is 12.6. The first-order valence-electron chi connectivity index (χ1n) is 9.69. The molecule has 2 amide bonds. The van der Waals surface area contributed by atoms with E-state index >= 15 is 0 Å². The number of pyridine rings is 1. The van der Waals surface area contributed by atoms with Crippen LogP contribution in [0.15, 0.2) is 47.1 Å². The van der Waals surface area contributed by atoms with Crippen molar-refractivity contribution in [1.29, 1.82) is 0 Å². The number of aromatic nitrogens is 3. The van der Waals surface area contributed by atoms with E-state index in [1.807, 2.05) is 17.0 Å². The Kier molecular flexibility index (Phi) is 6.17. The lowest BCUT2D eigenvalue weighted by atomic mass is 10.2. The Hall–Kier alpha value is -3.34. The van der Waals surface area contributed by atoms with Gasteiger partial charge in [0.15, 0.2) is 0 Å². The van der Waals surface area contributed by atoms with E-state index in [2.05, 4.69) is 25.0 Å². The van der Waals surface area contributed by atoms with Crippen LogP contribution in [0.3, 0.4) is 0 Å². The number of halogens is 4. The number of rotatable bonds is 4. The largest absolute Gasteiger partial charge is 0.471 e. The molecule has 3 aromatic rings. The fourth-order valence-corrected chi connectivity index (χ4v) is 3.32. The SMILES string of the molecule is O=C(NCc1ccc(Cl)cc1)N1CCN(c2ccc(-c3noc(C(F)(F)F)n3)cn2)CC1. The first-order valence-corrected chi connectivity index (χ1v) is 10.1. The average Bonchev–Trinajstić information content (AvgIpc) is 3.30. The van der Waals surface area contributed by atoms with Crippen molar-refractivity contribution < 1.29 is 22.5 Å². The monoisotopic (exact) mass is 466 g/mol. The van der Waals surface area contributed by atoms with E-state index in [-0.39, 0.29) is 11.9 Å². The molecule has 0 unspecified atom stereocenters. The van der Waals surface area contributed by atoms with Crippen LogP contribution in [-0.2, 0) is 12.7 Å². The molecule has 1 fully saturated rings. The second-order valence-electron chi connectivity index (χ2n) is 7.09. The number of carbonyl (C=O) groups excluding carboxylic acids is 1. The number of anilines is 1. The number of hydrogen-bond acceptors (Lipinski definition) is 6. The second kappa shape index (κ2) is 9.03. The Bertz CT molecular complexity index is 1060. The first-order chi connectivity index (χ1) is 15.3. The van der Waals surface area contributed by atoms with Gasteiger partial charge in [-0.3, -0.25) is 0 Å². The van der Waals surface area contributed by atoms with Gasteiger partial charge >= 0.3 is 18.1 Å². The summed E-state index contributed by atoms with van der Waals surface area (Å²) in [4.78, 5) is 23.8. The Morgan fingerprint density at radius 3 is 2.41 bits per heavy atom. The molecule has 32 heavy (non-hydrogen) atoms. The van der Waals surface area contributed by atoms with Crippen LogP contribution in [0.5, 0.6) is 0 Å². The summed E-state index contributed by atoms with van der Waals surface area (Å²) in [5.74, 6) is -0.935. The molecule has 0 spiro atoms. The molecule has 0 aliphatic carbocycles. The number of benzene rings is 1. The molecular weight excluding hydrogens is 449 g/mol. The van der Waals surface area contributed by atoms with Crippen molar-refractivity contribution in [2.24, 2.45) is 0 Å². The third-order valence-corrected chi connectivity index (χ3v) is 5.17. The molecule has 12 heteroatoms. The van der Waals surface area contributed by atoms with Gasteiger partial charge in [0.1, 0.15) is 5.82 Å². The highest BCUT2D eigenvalue weighted by molar-refractivity contribution is 6.30. The number of carbonyl (C=O) groups is 1. The third kappa shape index (κ3) is 5.10. The number of nitrogens with one attached hydrogen (secondary N) is 1. The van der Waals surface area contributed by atoms with E-state index in [0.29, 0.717) is 49.1 Å². The Labute approximate surface area is 186 Å². The third-order valence-electron chi connectivity index (χ3n) is 4.92. The van der Waals surface area contributed by atoms with Crippen LogP contribution in [0.1, 0.15) is 11.5 Å². The molecule has 168 valence electrons. The lowest BCUT2D eigenvalue weighted by Crippen LogP contribution is -2.51. The van der Waals surface area contributed by atoms with Crippen LogP contribution in [0.4, 0.5) is 23.8 Å². The first kappa shape index (κ1) is 21.9. The molecule has 1 aliphatic heterocycles. The summed E-state index contributed by atoms with van der Waals surface area (Å²) in [6.45, 7) is 2.57. The highest BCUT2D eigenvalue weighted by Gasteiger charge is 2.38. The molecule has 3 heterocycles. The van der Waals surface area contributed by atoms with Gasteiger partial charge in [0.05, 0.1) is 0 Å². The summed E-state index contributed by atoms with van der Waals surface area (Å²) in [6.07, 6.45) is -3.30. The Morgan fingerprint density at radius 1 is 1.09 bits per heavy atom. The summed E-state index contributed by atoms with van der Waals surface area (Å²) in [5.41, 5.74) is 1.27. The van der Waals surface area contributed by atoms with Crippen molar-refractivity contribution >= 4 is 23.4 Å². The van der Waals surface area contributed by atoms with Gasteiger partial charge in [-0.25, -0.2) is 9.78 Å². The number of alkyl halides is 3. The summed E-state index contributed by atoms with van der Waals surface area (Å²) >= 11 is 5.86. The molecule has 1 N–H and O–H groups in total. The van der Waals surface area contributed by atoms with Crippen LogP contribution in [-0.4, -0.2) is 52.2 Å². The van der Waals surface area contributed by atoms with Crippen molar-refractivity contribution in [3.63, 3.8) is 0 Å². The number of urea groups is 1. The molecule has 0 atom stereocenters. The zero-order chi connectivity index (χ0) is 22.7. The van der Waals surface area contributed by atoms with Crippen molar-refractivity contribution in [3.05, 3.63) is 59.1 Å². The minimum Gasteiger partial charge on any atom is -0.353 e. The summed E-state index contributed by atoms with van der Waals surface area (Å²) in [7, 11) is 0. The summed E-state index contributed by atoms with van der Waals surface area (Å²) < 4.78 is 42.1. The van der Waals surface area contributed by atoms with Gasteiger partial charge in [-0.2, -0.15) is 18.2 Å². The Morgan fingerprint density at radius 2 is 1.81 bits per heavy atom. The molecule has 0 saturated carbocycles. The van der Waals surface area contributed by atoms with E-state index in [9.17, 15) is 18.0 Å². The van der Waals surface area contributed by atoms with Gasteiger partial charge in [-0.05, 0) is 29.8 Å². The standard InChI is InChI=1S/C20H18ClF3N6O2/c21-15-4-1-13(2-5-15)11-26-19(31)30-9-7-29(8-10-30)16-6-3-14(12-25-16)17-27-18(32-28-17)20(22,23)24/h1-6,12H,7-11H2,(H,26,31). The Balaban J connectivity index is 1.29. The van der Waals surface area contributed by atoms with E-state index in [1.165, 1.54) is 6.20 Å². The fraction of sp³-hybridized carbons (Fsp3) is 0.300. The second-order valence-corrected chi connectivity index (χ2v) is 7.52. The van der Waals surface area contributed by atoms with E-state index in [4.69, 9.17) is 11.6 Å². The fourth-order valence-electron chi connectivity index (χ4n) is 3.19. The van der Waals surface area contributed by atoms with Gasteiger partial charge in [-0.15, -0.1) is 0 Å².